The number of hydrogen-bond donors (Lipinski definition) is 4. The number of nitrogens with one attached hydrogen (secondary N) is 4. The van der Waals surface area contributed by atoms with Crippen LogP contribution in [0, 0.1) is 5.82 Å². The molecule has 0 radical (unpaired) electrons. The van der Waals surface area contributed by atoms with Gasteiger partial charge in [0.05, 0.1) is 6.54 Å². The molecule has 0 fully saturated rings. The Bertz CT molecular complexity index is 1130. The van der Waals surface area contributed by atoms with Crippen LogP contribution in [0.2, 0.25) is 0 Å². The van der Waals surface area contributed by atoms with E-state index in [1.54, 1.807) is 12.1 Å². The molecule has 0 atom stereocenters. The molecule has 0 aliphatic carbocycles. The average molecular weight is 405 g/mol. The maximum absolute atomic E-state index is 13.6. The number of fused-ring (bicyclic) bond motifs is 1. The lowest BCUT2D eigenvalue weighted by Crippen LogP contribution is -2.38. The van der Waals surface area contributed by atoms with E-state index in [9.17, 15) is 4.39 Å². The summed E-state index contributed by atoms with van der Waals surface area (Å²) >= 11 is 0. The van der Waals surface area contributed by atoms with E-state index in [1.807, 2.05) is 37.4 Å². The van der Waals surface area contributed by atoms with Gasteiger partial charge in [-0.3, -0.25) is 5.10 Å². The van der Waals surface area contributed by atoms with Crippen molar-refractivity contribution in [2.75, 3.05) is 13.1 Å². The maximum Gasteiger partial charge on any atom is 0.191 e. The number of nitrogens with zero attached hydrogens (tertiary/aromatic N) is 3. The van der Waals surface area contributed by atoms with Gasteiger partial charge in [-0.2, -0.15) is 5.10 Å². The lowest BCUT2D eigenvalue weighted by molar-refractivity contribution is 0.629. The van der Waals surface area contributed by atoms with Crippen LogP contribution in [0.25, 0.3) is 22.3 Å². The molecule has 4 N–H and O–H groups in total. The summed E-state index contributed by atoms with van der Waals surface area (Å²) in [5.74, 6) is 1.26. The molecule has 0 aliphatic rings. The van der Waals surface area contributed by atoms with Crippen molar-refractivity contribution in [2.24, 2.45) is 4.99 Å². The molecule has 30 heavy (non-hydrogen) atoms. The molecule has 2 aromatic carbocycles. The molecule has 0 amide bonds. The predicted molar refractivity (Wildman–Crippen MR) is 117 cm³/mol. The third-order valence-electron chi connectivity index (χ3n) is 4.80. The van der Waals surface area contributed by atoms with Gasteiger partial charge in [-0.25, -0.2) is 14.4 Å². The smallest absolute Gasteiger partial charge is 0.191 e. The Labute approximate surface area is 173 Å². The molecule has 4 rings (SSSR count). The quantitative estimate of drug-likeness (QED) is 0.280. The van der Waals surface area contributed by atoms with E-state index in [0.717, 1.165) is 52.3 Å². The van der Waals surface area contributed by atoms with Crippen LogP contribution in [0.4, 0.5) is 4.39 Å². The SMILES string of the molecule is CCNC(=NCc1cccc(-c2ncn[nH]2)c1)NCCc1c[nH]c2ccc(F)cc12. The minimum atomic E-state index is -0.223. The molecule has 154 valence electrons. The summed E-state index contributed by atoms with van der Waals surface area (Å²) in [5.41, 5.74) is 4.07. The third-order valence-corrected chi connectivity index (χ3v) is 4.80. The van der Waals surface area contributed by atoms with Crippen molar-refractivity contribution in [3.05, 3.63) is 71.9 Å². The van der Waals surface area contributed by atoms with Gasteiger partial charge in [0.2, 0.25) is 0 Å². The fourth-order valence-electron chi connectivity index (χ4n) is 3.35. The highest BCUT2D eigenvalue weighted by atomic mass is 19.1. The Morgan fingerprint density at radius 1 is 1.17 bits per heavy atom. The number of guanidine groups is 1. The number of hydrogen-bond acceptors (Lipinski definition) is 3. The van der Waals surface area contributed by atoms with Crippen molar-refractivity contribution >= 4 is 16.9 Å². The monoisotopic (exact) mass is 405 g/mol. The van der Waals surface area contributed by atoms with Crippen molar-refractivity contribution in [1.82, 2.24) is 30.8 Å². The molecule has 0 saturated heterocycles. The molecule has 4 aromatic rings. The van der Waals surface area contributed by atoms with Crippen molar-refractivity contribution in [1.29, 1.82) is 0 Å². The van der Waals surface area contributed by atoms with Gasteiger partial charge in [0.15, 0.2) is 11.8 Å². The second kappa shape index (κ2) is 9.21. The summed E-state index contributed by atoms with van der Waals surface area (Å²) in [5, 5.41) is 14.3. The van der Waals surface area contributed by atoms with Crippen molar-refractivity contribution in [3.63, 3.8) is 0 Å². The first-order valence-electron chi connectivity index (χ1n) is 9.95. The highest BCUT2D eigenvalue weighted by Gasteiger charge is 2.06. The van der Waals surface area contributed by atoms with E-state index in [1.165, 1.54) is 12.4 Å². The van der Waals surface area contributed by atoms with E-state index >= 15 is 0 Å². The molecule has 8 heteroatoms. The van der Waals surface area contributed by atoms with E-state index in [-0.39, 0.29) is 5.82 Å². The minimum Gasteiger partial charge on any atom is -0.361 e. The average Bonchev–Trinajstić information content (AvgIpc) is 3.43. The van der Waals surface area contributed by atoms with Crippen molar-refractivity contribution in [2.45, 2.75) is 19.9 Å². The van der Waals surface area contributed by atoms with Crippen LogP contribution >= 0.6 is 0 Å². The van der Waals surface area contributed by atoms with Crippen LogP contribution in [0.5, 0.6) is 0 Å². The van der Waals surface area contributed by atoms with Crippen molar-refractivity contribution in [3.8, 4) is 11.4 Å². The Balaban J connectivity index is 1.39. The minimum absolute atomic E-state index is 0.223. The zero-order valence-corrected chi connectivity index (χ0v) is 16.7. The largest absolute Gasteiger partial charge is 0.361 e. The van der Waals surface area contributed by atoms with Crippen LogP contribution in [-0.2, 0) is 13.0 Å². The molecule has 0 spiro atoms. The van der Waals surface area contributed by atoms with Crippen LogP contribution in [0.1, 0.15) is 18.1 Å². The summed E-state index contributed by atoms with van der Waals surface area (Å²) in [4.78, 5) is 12.1. The zero-order chi connectivity index (χ0) is 20.8. The highest BCUT2D eigenvalue weighted by Crippen LogP contribution is 2.19. The molecule has 2 heterocycles. The standard InChI is InChI=1S/C22H24FN7/c1-2-24-22(25-9-8-17-13-26-20-7-6-18(23)11-19(17)20)27-12-15-4-3-5-16(10-15)21-28-14-29-30-21/h3-7,10-11,13-14,26H,2,8-9,12H2,1H3,(H2,24,25,27)(H,28,29,30). The molecule has 0 bridgehead atoms. The number of halogens is 1. The van der Waals surface area contributed by atoms with Gasteiger partial charge in [-0.15, -0.1) is 0 Å². The van der Waals surface area contributed by atoms with Gasteiger partial charge >= 0.3 is 0 Å². The van der Waals surface area contributed by atoms with Crippen LogP contribution < -0.4 is 10.6 Å². The fourth-order valence-corrected chi connectivity index (χ4v) is 3.35. The summed E-state index contributed by atoms with van der Waals surface area (Å²) in [6.45, 7) is 4.02. The van der Waals surface area contributed by atoms with E-state index < -0.39 is 0 Å². The Kier molecular flexibility index (Phi) is 6.03. The van der Waals surface area contributed by atoms with Gasteiger partial charge in [0.25, 0.3) is 0 Å². The summed E-state index contributed by atoms with van der Waals surface area (Å²) in [7, 11) is 0. The lowest BCUT2D eigenvalue weighted by Gasteiger charge is -2.11. The zero-order valence-electron chi connectivity index (χ0n) is 16.7. The topological polar surface area (TPSA) is 93.8 Å². The number of aromatic nitrogens is 4. The summed E-state index contributed by atoms with van der Waals surface area (Å²) in [6.07, 6.45) is 4.19. The van der Waals surface area contributed by atoms with Gasteiger partial charge in [0, 0.05) is 35.8 Å². The lowest BCUT2D eigenvalue weighted by atomic mass is 10.1. The van der Waals surface area contributed by atoms with Gasteiger partial charge in [-0.1, -0.05) is 18.2 Å². The molecule has 0 saturated carbocycles. The molecule has 0 aliphatic heterocycles. The summed E-state index contributed by atoms with van der Waals surface area (Å²) < 4.78 is 13.6. The normalized spacial score (nSPS) is 11.7. The highest BCUT2D eigenvalue weighted by molar-refractivity contribution is 5.83. The van der Waals surface area contributed by atoms with E-state index in [0.29, 0.717) is 13.1 Å². The Morgan fingerprint density at radius 2 is 2.10 bits per heavy atom. The second-order valence-electron chi connectivity index (χ2n) is 6.91. The first kappa shape index (κ1) is 19.6. The first-order chi connectivity index (χ1) is 14.7. The number of benzene rings is 2. The maximum atomic E-state index is 13.6. The second-order valence-corrected chi connectivity index (χ2v) is 6.91. The molecule has 2 aromatic heterocycles. The molecule has 7 nitrogen and oxygen atoms in total. The van der Waals surface area contributed by atoms with Gasteiger partial charge in [0.1, 0.15) is 12.1 Å². The fraction of sp³-hybridized carbons (Fsp3) is 0.227. The van der Waals surface area contributed by atoms with Gasteiger partial charge in [-0.05, 0) is 48.7 Å². The van der Waals surface area contributed by atoms with Crippen LogP contribution in [0.15, 0.2) is 60.0 Å². The molecular formula is C22H24FN7. The first-order valence-corrected chi connectivity index (χ1v) is 9.95. The van der Waals surface area contributed by atoms with Crippen molar-refractivity contribution < 1.29 is 4.39 Å². The Hall–Kier alpha value is -3.68. The van der Waals surface area contributed by atoms with E-state index in [4.69, 9.17) is 0 Å². The van der Waals surface area contributed by atoms with Gasteiger partial charge < -0.3 is 15.6 Å². The third kappa shape index (κ3) is 4.65. The Morgan fingerprint density at radius 3 is 2.93 bits per heavy atom. The number of aromatic amines is 2. The molecule has 0 unspecified atom stereocenters. The molecular weight excluding hydrogens is 381 g/mol. The predicted octanol–water partition coefficient (Wildman–Crippen LogP) is 3.39. The van der Waals surface area contributed by atoms with Crippen LogP contribution in [0.3, 0.4) is 0 Å². The summed E-state index contributed by atoms with van der Waals surface area (Å²) in [6, 6.07) is 12.9. The number of aliphatic imine (C=N–C) groups is 1. The number of H-pyrrole nitrogens is 2. The van der Waals surface area contributed by atoms with Crippen LogP contribution in [-0.4, -0.2) is 39.2 Å². The van der Waals surface area contributed by atoms with E-state index in [2.05, 4.69) is 35.8 Å². The number of rotatable bonds is 7.